The number of carbonyl (C=O) groups is 1. The maximum Gasteiger partial charge on any atom is 0.419 e. The highest BCUT2D eigenvalue weighted by Gasteiger charge is 2.13. The van der Waals surface area contributed by atoms with Crippen LogP contribution in [0.1, 0.15) is 10.5 Å². The van der Waals surface area contributed by atoms with Gasteiger partial charge >= 0.3 is 5.76 Å². The van der Waals surface area contributed by atoms with Crippen LogP contribution in [0.3, 0.4) is 0 Å². The third kappa shape index (κ3) is 2.75. The van der Waals surface area contributed by atoms with E-state index >= 15 is 0 Å². The predicted molar refractivity (Wildman–Crippen MR) is 90.7 cm³/mol. The van der Waals surface area contributed by atoms with E-state index in [0.717, 1.165) is 0 Å². The first-order valence-electron chi connectivity index (χ1n) is 7.60. The number of aryl methyl sites for hydroxylation is 1. The van der Waals surface area contributed by atoms with Crippen LogP contribution in [0.4, 0.5) is 10.1 Å². The molecule has 8 nitrogen and oxygen atoms in total. The van der Waals surface area contributed by atoms with E-state index in [2.05, 4.69) is 15.6 Å². The molecule has 1 N–H and O–H groups in total. The fraction of sp³-hybridized carbons (Fsp3) is 0.0588. The number of rotatable bonds is 3. The van der Waals surface area contributed by atoms with E-state index in [1.54, 1.807) is 25.2 Å². The molecule has 2 aromatic heterocycles. The molecule has 9 heteroatoms. The number of amides is 1. The molecule has 0 unspecified atom stereocenters. The average molecular weight is 353 g/mol. The van der Waals surface area contributed by atoms with E-state index in [-0.39, 0.29) is 11.5 Å². The van der Waals surface area contributed by atoms with Gasteiger partial charge in [-0.05, 0) is 36.4 Å². The lowest BCUT2D eigenvalue weighted by Gasteiger charge is -2.02. The summed E-state index contributed by atoms with van der Waals surface area (Å²) in [5.41, 5.74) is 2.10. The minimum atomic E-state index is -0.481. The first-order valence-corrected chi connectivity index (χ1v) is 7.60. The van der Waals surface area contributed by atoms with Crippen LogP contribution in [0, 0.1) is 5.82 Å². The summed E-state index contributed by atoms with van der Waals surface area (Å²) in [5, 5.41) is 10.4. The third-order valence-electron chi connectivity index (χ3n) is 3.87. The Bertz CT molecular complexity index is 1170. The lowest BCUT2D eigenvalue weighted by molar-refractivity contribution is 0.102. The fourth-order valence-corrected chi connectivity index (χ4v) is 2.49. The molecule has 0 saturated heterocycles. The number of hydrogen-bond donors (Lipinski definition) is 1. The van der Waals surface area contributed by atoms with Crippen LogP contribution in [-0.2, 0) is 7.05 Å². The molecule has 1 amide bonds. The molecule has 0 aliphatic carbocycles. The zero-order valence-electron chi connectivity index (χ0n) is 13.5. The molecule has 4 rings (SSSR count). The molecule has 0 aliphatic rings. The van der Waals surface area contributed by atoms with Crippen molar-refractivity contribution in [2.45, 2.75) is 0 Å². The molecule has 2 aromatic carbocycles. The Balaban J connectivity index is 1.57. The molecule has 0 radical (unpaired) electrons. The van der Waals surface area contributed by atoms with Gasteiger partial charge in [0.25, 0.3) is 5.91 Å². The van der Waals surface area contributed by atoms with Gasteiger partial charge in [0.2, 0.25) is 0 Å². The van der Waals surface area contributed by atoms with Crippen molar-refractivity contribution in [3.8, 4) is 5.69 Å². The molecule has 0 atom stereocenters. The molecule has 26 heavy (non-hydrogen) atoms. The standard InChI is InChI=1S/C17H12FN5O3/c1-22-14-7-4-11(8-15(14)26-17(22)25)19-16(24)13-9-23(21-20-13)12-5-2-10(18)3-6-12/h2-9H,1H3,(H,19,24). The summed E-state index contributed by atoms with van der Waals surface area (Å²) in [6, 6.07) is 10.5. The topological polar surface area (TPSA) is 95.0 Å². The van der Waals surface area contributed by atoms with Gasteiger partial charge in [0, 0.05) is 18.8 Å². The summed E-state index contributed by atoms with van der Waals surface area (Å²) in [7, 11) is 1.60. The molecule has 4 aromatic rings. The van der Waals surface area contributed by atoms with Crippen LogP contribution in [0.15, 0.2) is 57.9 Å². The highest BCUT2D eigenvalue weighted by molar-refractivity contribution is 6.03. The van der Waals surface area contributed by atoms with Gasteiger partial charge < -0.3 is 9.73 Å². The Labute approximate surface area is 145 Å². The highest BCUT2D eigenvalue weighted by atomic mass is 19.1. The SMILES string of the molecule is Cn1c(=O)oc2cc(NC(=O)c3cn(-c4ccc(F)cc4)nn3)ccc21. The van der Waals surface area contributed by atoms with Gasteiger partial charge in [-0.3, -0.25) is 9.36 Å². The summed E-state index contributed by atoms with van der Waals surface area (Å²) < 4.78 is 20.8. The van der Waals surface area contributed by atoms with Crippen LogP contribution >= 0.6 is 0 Å². The third-order valence-corrected chi connectivity index (χ3v) is 3.87. The Morgan fingerprint density at radius 3 is 2.73 bits per heavy atom. The molecule has 130 valence electrons. The van der Waals surface area contributed by atoms with E-state index in [0.29, 0.717) is 22.5 Å². The number of aromatic nitrogens is 4. The Hall–Kier alpha value is -3.75. The lowest BCUT2D eigenvalue weighted by atomic mass is 10.2. The van der Waals surface area contributed by atoms with Crippen molar-refractivity contribution in [3.63, 3.8) is 0 Å². The van der Waals surface area contributed by atoms with Gasteiger partial charge in [-0.15, -0.1) is 5.10 Å². The molecule has 2 heterocycles. The van der Waals surface area contributed by atoms with E-state index in [1.807, 2.05) is 0 Å². The molecule has 0 saturated carbocycles. The first kappa shape index (κ1) is 15.8. The molecule has 0 aliphatic heterocycles. The summed E-state index contributed by atoms with van der Waals surface area (Å²) in [4.78, 5) is 23.9. The zero-order valence-corrected chi connectivity index (χ0v) is 13.5. The van der Waals surface area contributed by atoms with E-state index in [9.17, 15) is 14.0 Å². The molecular formula is C17H12FN5O3. The van der Waals surface area contributed by atoms with Crippen molar-refractivity contribution in [2.24, 2.45) is 7.05 Å². The maximum absolute atomic E-state index is 13.0. The number of carbonyl (C=O) groups excluding carboxylic acids is 1. The number of halogens is 1. The number of hydrogen-bond acceptors (Lipinski definition) is 5. The monoisotopic (exact) mass is 353 g/mol. The van der Waals surface area contributed by atoms with Crippen LogP contribution in [-0.4, -0.2) is 25.5 Å². The number of benzene rings is 2. The van der Waals surface area contributed by atoms with Crippen LogP contribution in [0.25, 0.3) is 16.8 Å². The number of fused-ring (bicyclic) bond motifs is 1. The smallest absolute Gasteiger partial charge is 0.408 e. The largest absolute Gasteiger partial charge is 0.419 e. The van der Waals surface area contributed by atoms with Crippen LogP contribution < -0.4 is 11.1 Å². The van der Waals surface area contributed by atoms with Crippen LogP contribution in [0.2, 0.25) is 0 Å². The summed E-state index contributed by atoms with van der Waals surface area (Å²) in [6.07, 6.45) is 1.43. The second-order valence-corrected chi connectivity index (χ2v) is 5.59. The fourth-order valence-electron chi connectivity index (χ4n) is 2.49. The number of anilines is 1. The van der Waals surface area contributed by atoms with E-state index in [1.165, 1.54) is 39.7 Å². The predicted octanol–water partition coefficient (Wildman–Crippen LogP) is 2.10. The Kier molecular flexibility index (Phi) is 3.61. The molecular weight excluding hydrogens is 341 g/mol. The number of oxazole rings is 1. The van der Waals surface area contributed by atoms with Crippen molar-refractivity contribution >= 4 is 22.7 Å². The van der Waals surface area contributed by atoms with Crippen LogP contribution in [0.5, 0.6) is 0 Å². The first-order chi connectivity index (χ1) is 12.5. The van der Waals surface area contributed by atoms with Crippen molar-refractivity contribution < 1.29 is 13.6 Å². The van der Waals surface area contributed by atoms with Crippen molar-refractivity contribution in [1.29, 1.82) is 0 Å². The van der Waals surface area contributed by atoms with E-state index in [4.69, 9.17) is 4.42 Å². The second kappa shape index (κ2) is 5.96. The minimum Gasteiger partial charge on any atom is -0.408 e. The molecule has 0 bridgehead atoms. The van der Waals surface area contributed by atoms with Crippen molar-refractivity contribution in [3.05, 3.63) is 70.7 Å². The van der Waals surface area contributed by atoms with Crippen molar-refractivity contribution in [2.75, 3.05) is 5.32 Å². The lowest BCUT2D eigenvalue weighted by Crippen LogP contribution is -2.12. The summed E-state index contributed by atoms with van der Waals surface area (Å²) in [6.45, 7) is 0. The zero-order chi connectivity index (χ0) is 18.3. The van der Waals surface area contributed by atoms with Gasteiger partial charge in [-0.25, -0.2) is 13.9 Å². The van der Waals surface area contributed by atoms with E-state index < -0.39 is 11.7 Å². The van der Waals surface area contributed by atoms with Gasteiger partial charge in [0.05, 0.1) is 17.4 Å². The van der Waals surface area contributed by atoms with Gasteiger partial charge in [-0.1, -0.05) is 5.21 Å². The summed E-state index contributed by atoms with van der Waals surface area (Å²) >= 11 is 0. The van der Waals surface area contributed by atoms with Gasteiger partial charge in [-0.2, -0.15) is 0 Å². The average Bonchev–Trinajstić information content (AvgIpc) is 3.21. The van der Waals surface area contributed by atoms with Crippen molar-refractivity contribution in [1.82, 2.24) is 19.6 Å². The second-order valence-electron chi connectivity index (χ2n) is 5.59. The van der Waals surface area contributed by atoms with Gasteiger partial charge in [0.15, 0.2) is 11.3 Å². The van der Waals surface area contributed by atoms with Gasteiger partial charge in [0.1, 0.15) is 5.82 Å². The Morgan fingerprint density at radius 1 is 1.19 bits per heavy atom. The summed E-state index contributed by atoms with van der Waals surface area (Å²) in [5.74, 6) is -1.32. The minimum absolute atomic E-state index is 0.0870. The molecule has 0 spiro atoms. The molecule has 0 fully saturated rings. The normalized spacial score (nSPS) is 11.0. The number of nitrogens with zero attached hydrogens (tertiary/aromatic N) is 4. The quantitative estimate of drug-likeness (QED) is 0.609. The highest BCUT2D eigenvalue weighted by Crippen LogP contribution is 2.18. The maximum atomic E-state index is 13.0. The number of nitrogens with one attached hydrogen (secondary N) is 1. The Morgan fingerprint density at radius 2 is 1.96 bits per heavy atom.